The number of ether oxygens (including phenoxy) is 1. The zero-order chi connectivity index (χ0) is 19.3. The molecule has 5 heteroatoms. The van der Waals surface area contributed by atoms with Gasteiger partial charge in [-0.15, -0.1) is 0 Å². The molecule has 5 nitrogen and oxygen atoms in total. The summed E-state index contributed by atoms with van der Waals surface area (Å²) in [5, 5.41) is 9.19. The minimum atomic E-state index is -0.131. The predicted molar refractivity (Wildman–Crippen MR) is 107 cm³/mol. The van der Waals surface area contributed by atoms with Crippen LogP contribution in [0.1, 0.15) is 40.4 Å². The SMILES string of the molecule is N#Cc1cccc(C(=O)N2CCO[C@@H](CN3CCCC3)[C@@H]2c2ccccc2)c1. The van der Waals surface area contributed by atoms with E-state index in [1.807, 2.05) is 23.1 Å². The Labute approximate surface area is 166 Å². The molecule has 2 aliphatic rings. The molecule has 2 aromatic rings. The summed E-state index contributed by atoms with van der Waals surface area (Å²) in [6.45, 7) is 4.11. The normalized spacial score (nSPS) is 22.8. The number of rotatable bonds is 4. The van der Waals surface area contributed by atoms with Gasteiger partial charge in [-0.3, -0.25) is 4.79 Å². The first-order valence-electron chi connectivity index (χ1n) is 9.96. The van der Waals surface area contributed by atoms with Crippen molar-refractivity contribution in [1.82, 2.24) is 9.80 Å². The van der Waals surface area contributed by atoms with E-state index >= 15 is 0 Å². The van der Waals surface area contributed by atoms with Gasteiger partial charge in [0.1, 0.15) is 0 Å². The first kappa shape index (κ1) is 18.7. The number of hydrogen-bond acceptors (Lipinski definition) is 4. The second kappa shape index (κ2) is 8.55. The van der Waals surface area contributed by atoms with E-state index < -0.39 is 0 Å². The van der Waals surface area contributed by atoms with Gasteiger partial charge in [0.05, 0.1) is 30.4 Å². The van der Waals surface area contributed by atoms with Crippen LogP contribution in [0.25, 0.3) is 0 Å². The van der Waals surface area contributed by atoms with Crippen molar-refractivity contribution in [1.29, 1.82) is 5.26 Å². The van der Waals surface area contributed by atoms with Crippen LogP contribution in [0.2, 0.25) is 0 Å². The van der Waals surface area contributed by atoms with Crippen LogP contribution in [0.5, 0.6) is 0 Å². The number of morpholine rings is 1. The van der Waals surface area contributed by atoms with Crippen molar-refractivity contribution in [2.75, 3.05) is 32.8 Å². The predicted octanol–water partition coefficient (Wildman–Crippen LogP) is 3.24. The van der Waals surface area contributed by atoms with Gasteiger partial charge in [-0.1, -0.05) is 36.4 Å². The van der Waals surface area contributed by atoms with Gasteiger partial charge in [0.2, 0.25) is 0 Å². The molecule has 0 aromatic heterocycles. The molecule has 0 radical (unpaired) electrons. The summed E-state index contributed by atoms with van der Waals surface area (Å²) in [5.41, 5.74) is 2.15. The average molecular weight is 375 g/mol. The summed E-state index contributed by atoms with van der Waals surface area (Å²) in [6.07, 6.45) is 2.40. The Bertz CT molecular complexity index is 856. The molecular formula is C23H25N3O2. The molecule has 2 heterocycles. The molecule has 2 aromatic carbocycles. The zero-order valence-corrected chi connectivity index (χ0v) is 16.0. The smallest absolute Gasteiger partial charge is 0.254 e. The summed E-state index contributed by atoms with van der Waals surface area (Å²) in [5.74, 6) is -0.0410. The minimum Gasteiger partial charge on any atom is -0.373 e. The fourth-order valence-corrected chi connectivity index (χ4v) is 4.27. The monoisotopic (exact) mass is 375 g/mol. The van der Waals surface area contributed by atoms with E-state index in [-0.39, 0.29) is 18.1 Å². The van der Waals surface area contributed by atoms with Gasteiger partial charge < -0.3 is 14.5 Å². The number of likely N-dealkylation sites (tertiary alicyclic amines) is 1. The largest absolute Gasteiger partial charge is 0.373 e. The molecule has 0 N–H and O–H groups in total. The third-order valence-electron chi connectivity index (χ3n) is 5.63. The highest BCUT2D eigenvalue weighted by Gasteiger charge is 2.37. The van der Waals surface area contributed by atoms with E-state index in [4.69, 9.17) is 4.74 Å². The Morgan fingerprint density at radius 2 is 1.86 bits per heavy atom. The van der Waals surface area contributed by atoms with Crippen molar-refractivity contribution in [3.8, 4) is 6.07 Å². The van der Waals surface area contributed by atoms with Crippen molar-refractivity contribution in [2.24, 2.45) is 0 Å². The van der Waals surface area contributed by atoms with Crippen molar-refractivity contribution in [2.45, 2.75) is 25.0 Å². The van der Waals surface area contributed by atoms with Gasteiger partial charge >= 0.3 is 0 Å². The molecule has 2 atom stereocenters. The standard InChI is InChI=1S/C23H25N3O2/c24-16-18-7-6-10-20(15-18)23(27)26-13-14-28-21(17-25-11-4-5-12-25)22(26)19-8-2-1-3-9-19/h1-3,6-10,15,21-22H,4-5,11-14,17H2/t21-,22-/m0/s1. The third-order valence-corrected chi connectivity index (χ3v) is 5.63. The van der Waals surface area contributed by atoms with Crippen molar-refractivity contribution >= 4 is 5.91 Å². The molecule has 1 amide bonds. The summed E-state index contributed by atoms with van der Waals surface area (Å²) < 4.78 is 6.18. The molecule has 0 aliphatic carbocycles. The van der Waals surface area contributed by atoms with Crippen LogP contribution in [0, 0.1) is 11.3 Å². The summed E-state index contributed by atoms with van der Waals surface area (Å²) in [4.78, 5) is 17.7. The number of nitrogens with zero attached hydrogens (tertiary/aromatic N) is 3. The lowest BCUT2D eigenvalue weighted by atomic mass is 9.96. The van der Waals surface area contributed by atoms with Crippen LogP contribution in [0.4, 0.5) is 0 Å². The van der Waals surface area contributed by atoms with Crippen molar-refractivity contribution in [3.63, 3.8) is 0 Å². The first-order valence-corrected chi connectivity index (χ1v) is 9.96. The quantitative estimate of drug-likeness (QED) is 0.823. The van der Waals surface area contributed by atoms with E-state index in [9.17, 15) is 10.1 Å². The highest BCUT2D eigenvalue weighted by molar-refractivity contribution is 5.95. The molecule has 0 saturated carbocycles. The topological polar surface area (TPSA) is 56.6 Å². The van der Waals surface area contributed by atoms with Gasteiger partial charge in [0.25, 0.3) is 5.91 Å². The summed E-state index contributed by atoms with van der Waals surface area (Å²) in [6, 6.07) is 19.1. The Kier molecular flexibility index (Phi) is 5.70. The first-order chi connectivity index (χ1) is 13.8. The van der Waals surface area contributed by atoms with E-state index in [0.29, 0.717) is 24.3 Å². The number of carbonyl (C=O) groups is 1. The number of hydrogen-bond donors (Lipinski definition) is 0. The molecule has 4 rings (SSSR count). The lowest BCUT2D eigenvalue weighted by Gasteiger charge is -2.42. The molecule has 2 aliphatic heterocycles. The van der Waals surface area contributed by atoms with Crippen molar-refractivity contribution < 1.29 is 9.53 Å². The molecule has 2 saturated heterocycles. The summed E-state index contributed by atoms with van der Waals surface area (Å²) in [7, 11) is 0. The van der Waals surface area contributed by atoms with E-state index in [1.54, 1.807) is 24.3 Å². The maximum Gasteiger partial charge on any atom is 0.254 e. The maximum absolute atomic E-state index is 13.4. The van der Waals surface area contributed by atoms with Crippen LogP contribution in [0.15, 0.2) is 54.6 Å². The molecule has 28 heavy (non-hydrogen) atoms. The van der Waals surface area contributed by atoms with Crippen molar-refractivity contribution in [3.05, 3.63) is 71.3 Å². The second-order valence-corrected chi connectivity index (χ2v) is 7.46. The van der Waals surface area contributed by atoms with Crippen LogP contribution in [-0.4, -0.2) is 54.6 Å². The van der Waals surface area contributed by atoms with Gasteiger partial charge in [-0.2, -0.15) is 5.26 Å². The van der Waals surface area contributed by atoms with Gasteiger partial charge in [0, 0.05) is 18.7 Å². The zero-order valence-electron chi connectivity index (χ0n) is 16.0. The number of amides is 1. The van der Waals surface area contributed by atoms with Crippen LogP contribution >= 0.6 is 0 Å². The van der Waals surface area contributed by atoms with E-state index in [2.05, 4.69) is 23.1 Å². The highest BCUT2D eigenvalue weighted by atomic mass is 16.5. The number of carbonyl (C=O) groups excluding carboxylic acids is 1. The number of benzene rings is 2. The Balaban J connectivity index is 1.65. The van der Waals surface area contributed by atoms with E-state index in [1.165, 1.54) is 12.8 Å². The fourth-order valence-electron chi connectivity index (χ4n) is 4.27. The van der Waals surface area contributed by atoms with Crippen LogP contribution in [-0.2, 0) is 4.74 Å². The van der Waals surface area contributed by atoms with Gasteiger partial charge in [-0.25, -0.2) is 0 Å². The second-order valence-electron chi connectivity index (χ2n) is 7.46. The Hall–Kier alpha value is -2.68. The van der Waals surface area contributed by atoms with E-state index in [0.717, 1.165) is 25.2 Å². The lowest BCUT2D eigenvalue weighted by Crippen LogP contribution is -2.51. The Morgan fingerprint density at radius 3 is 2.61 bits per heavy atom. The Morgan fingerprint density at radius 1 is 1.07 bits per heavy atom. The molecule has 2 fully saturated rings. The summed E-state index contributed by atoms with van der Waals surface area (Å²) >= 11 is 0. The highest BCUT2D eigenvalue weighted by Crippen LogP contribution is 2.32. The average Bonchev–Trinajstić information content (AvgIpc) is 3.27. The molecule has 144 valence electrons. The molecule has 0 bridgehead atoms. The number of nitriles is 1. The molecular weight excluding hydrogens is 350 g/mol. The van der Waals surface area contributed by atoms with Crippen LogP contribution in [0.3, 0.4) is 0 Å². The fraction of sp³-hybridized carbons (Fsp3) is 0.391. The molecule has 0 unspecified atom stereocenters. The molecule has 0 spiro atoms. The lowest BCUT2D eigenvalue weighted by molar-refractivity contribution is -0.0707. The van der Waals surface area contributed by atoms with Gasteiger partial charge in [0.15, 0.2) is 0 Å². The minimum absolute atomic E-state index is 0.0410. The van der Waals surface area contributed by atoms with Gasteiger partial charge in [-0.05, 0) is 49.7 Å². The third kappa shape index (κ3) is 3.94. The van der Waals surface area contributed by atoms with Crippen LogP contribution < -0.4 is 0 Å². The maximum atomic E-state index is 13.4.